The van der Waals surface area contributed by atoms with Crippen molar-refractivity contribution < 1.29 is 14.3 Å². The highest BCUT2D eigenvalue weighted by molar-refractivity contribution is 6.34. The van der Waals surface area contributed by atoms with Crippen molar-refractivity contribution >= 4 is 23.3 Å². The molecule has 3 nitrogen and oxygen atoms in total. The molecule has 0 aliphatic carbocycles. The zero-order valence-electron chi connectivity index (χ0n) is 10.6. The highest BCUT2D eigenvalue weighted by Crippen LogP contribution is 2.24. The maximum absolute atomic E-state index is 12.8. The number of hydrogen-bond acceptors (Lipinski definition) is 2. The number of nitrogens with one attached hydrogen (secondary N) is 1. The molecule has 0 saturated carbocycles. The van der Waals surface area contributed by atoms with Crippen molar-refractivity contribution in [2.24, 2.45) is 0 Å². The Balaban J connectivity index is 2.02. The molecule has 0 bridgehead atoms. The lowest BCUT2D eigenvalue weighted by Gasteiger charge is -2.10. The monoisotopic (exact) mass is 293 g/mol. The fourth-order valence-electron chi connectivity index (χ4n) is 1.88. The summed E-state index contributed by atoms with van der Waals surface area (Å²) in [5.74, 6) is -1.34. The van der Waals surface area contributed by atoms with Gasteiger partial charge in [0.1, 0.15) is 11.4 Å². The maximum Gasteiger partial charge on any atom is 0.339 e. The van der Waals surface area contributed by atoms with Crippen molar-refractivity contribution in [3.63, 3.8) is 0 Å². The molecule has 0 atom stereocenters. The topological polar surface area (TPSA) is 49.3 Å². The van der Waals surface area contributed by atoms with Crippen LogP contribution in [0.3, 0.4) is 0 Å². The third-order valence-electron chi connectivity index (χ3n) is 2.87. The minimum absolute atomic E-state index is 0.0632. The molecule has 0 heterocycles. The van der Waals surface area contributed by atoms with Gasteiger partial charge in [0.25, 0.3) is 0 Å². The van der Waals surface area contributed by atoms with E-state index in [1.807, 2.05) is 0 Å². The van der Waals surface area contributed by atoms with Crippen LogP contribution < -0.4 is 5.32 Å². The Labute approximate surface area is 121 Å². The van der Waals surface area contributed by atoms with Gasteiger partial charge in [0.2, 0.25) is 0 Å². The molecule has 0 aliphatic rings. The van der Waals surface area contributed by atoms with E-state index in [9.17, 15) is 9.18 Å². The van der Waals surface area contributed by atoms with Gasteiger partial charge in [-0.3, -0.25) is 0 Å². The van der Waals surface area contributed by atoms with E-state index in [0.717, 1.165) is 5.56 Å². The lowest BCUT2D eigenvalue weighted by atomic mass is 10.1. The first-order valence-corrected chi connectivity index (χ1v) is 6.46. The Kier molecular flexibility index (Phi) is 4.58. The fourth-order valence-corrected chi connectivity index (χ4v) is 2.14. The van der Waals surface area contributed by atoms with Crippen molar-refractivity contribution in [1.29, 1.82) is 0 Å². The van der Waals surface area contributed by atoms with Crippen LogP contribution in [0.1, 0.15) is 15.9 Å². The summed E-state index contributed by atoms with van der Waals surface area (Å²) in [6.45, 7) is 0.534. The van der Waals surface area contributed by atoms with Gasteiger partial charge in [-0.25, -0.2) is 9.18 Å². The normalized spacial score (nSPS) is 10.3. The summed E-state index contributed by atoms with van der Waals surface area (Å²) in [6.07, 6.45) is 0.659. The first-order chi connectivity index (χ1) is 9.58. The number of hydrogen-bond donors (Lipinski definition) is 2. The number of carboxylic acid groups (broad SMARTS) is 1. The van der Waals surface area contributed by atoms with E-state index in [1.165, 1.54) is 18.2 Å². The molecule has 0 unspecified atom stereocenters. The summed E-state index contributed by atoms with van der Waals surface area (Å²) in [6, 6.07) is 11.1. The fraction of sp³-hybridized carbons (Fsp3) is 0.133. The van der Waals surface area contributed by atoms with Crippen LogP contribution >= 0.6 is 11.6 Å². The van der Waals surface area contributed by atoms with Gasteiger partial charge in [-0.05, 0) is 36.2 Å². The first kappa shape index (κ1) is 14.3. The van der Waals surface area contributed by atoms with E-state index in [2.05, 4.69) is 5.32 Å². The third-order valence-corrected chi connectivity index (χ3v) is 3.18. The van der Waals surface area contributed by atoms with Crippen LogP contribution in [-0.2, 0) is 6.42 Å². The van der Waals surface area contributed by atoms with E-state index in [4.69, 9.17) is 16.7 Å². The quantitative estimate of drug-likeness (QED) is 0.881. The highest BCUT2D eigenvalue weighted by atomic mass is 35.5. The molecule has 0 spiro atoms. The standard InChI is InChI=1S/C15H13ClFNO2/c16-12-2-1-3-13(14(12)15(19)20)18-9-8-10-4-6-11(17)7-5-10/h1-7,18H,8-9H2,(H,19,20). The average molecular weight is 294 g/mol. The number of halogens is 2. The van der Waals surface area contributed by atoms with Crippen molar-refractivity contribution in [1.82, 2.24) is 0 Å². The van der Waals surface area contributed by atoms with Crippen LogP contribution in [-0.4, -0.2) is 17.6 Å². The highest BCUT2D eigenvalue weighted by Gasteiger charge is 2.13. The van der Waals surface area contributed by atoms with Gasteiger partial charge in [0.15, 0.2) is 0 Å². The van der Waals surface area contributed by atoms with Gasteiger partial charge in [-0.15, -0.1) is 0 Å². The van der Waals surface area contributed by atoms with Crippen LogP contribution in [0.2, 0.25) is 5.02 Å². The van der Waals surface area contributed by atoms with Crippen molar-refractivity contribution in [3.8, 4) is 0 Å². The Morgan fingerprint density at radius 1 is 1.20 bits per heavy atom. The largest absolute Gasteiger partial charge is 0.478 e. The van der Waals surface area contributed by atoms with Gasteiger partial charge in [0, 0.05) is 6.54 Å². The lowest BCUT2D eigenvalue weighted by molar-refractivity contribution is 0.0698. The Morgan fingerprint density at radius 3 is 2.55 bits per heavy atom. The molecule has 0 radical (unpaired) electrons. The smallest absolute Gasteiger partial charge is 0.339 e. The van der Waals surface area contributed by atoms with E-state index >= 15 is 0 Å². The molecule has 2 aromatic carbocycles. The van der Waals surface area contributed by atoms with E-state index in [0.29, 0.717) is 18.7 Å². The first-order valence-electron chi connectivity index (χ1n) is 6.08. The number of rotatable bonds is 5. The average Bonchev–Trinajstić information content (AvgIpc) is 2.40. The molecule has 0 saturated heterocycles. The number of anilines is 1. The number of benzene rings is 2. The summed E-state index contributed by atoms with van der Waals surface area (Å²) < 4.78 is 12.8. The van der Waals surface area contributed by atoms with Crippen molar-refractivity contribution in [2.75, 3.05) is 11.9 Å². The SMILES string of the molecule is O=C(O)c1c(Cl)cccc1NCCc1ccc(F)cc1. The molecule has 2 rings (SSSR count). The second-order valence-corrected chi connectivity index (χ2v) is 4.68. The molecule has 2 aromatic rings. The molecule has 5 heteroatoms. The Hall–Kier alpha value is -2.07. The lowest BCUT2D eigenvalue weighted by Crippen LogP contribution is -2.10. The Morgan fingerprint density at radius 2 is 1.90 bits per heavy atom. The van der Waals surface area contributed by atoms with Gasteiger partial charge in [-0.2, -0.15) is 0 Å². The van der Waals surface area contributed by atoms with Gasteiger partial charge < -0.3 is 10.4 Å². The summed E-state index contributed by atoms with van der Waals surface area (Å²) in [5, 5.41) is 12.4. The minimum atomic E-state index is -1.07. The second kappa shape index (κ2) is 6.39. The predicted molar refractivity (Wildman–Crippen MR) is 77.0 cm³/mol. The number of carboxylic acids is 1. The van der Waals surface area contributed by atoms with Gasteiger partial charge in [0.05, 0.1) is 10.7 Å². The molecule has 0 fully saturated rings. The summed E-state index contributed by atoms with van der Waals surface area (Å²) >= 11 is 5.88. The predicted octanol–water partition coefficient (Wildman–Crippen LogP) is 3.83. The molecule has 0 aliphatic heterocycles. The zero-order valence-corrected chi connectivity index (χ0v) is 11.3. The van der Waals surface area contributed by atoms with Crippen molar-refractivity contribution in [2.45, 2.75) is 6.42 Å². The van der Waals surface area contributed by atoms with E-state index in [1.54, 1.807) is 24.3 Å². The third kappa shape index (κ3) is 3.48. The van der Waals surface area contributed by atoms with Crippen LogP contribution in [0.4, 0.5) is 10.1 Å². The molecular weight excluding hydrogens is 281 g/mol. The number of aromatic carboxylic acids is 1. The van der Waals surface area contributed by atoms with Gasteiger partial charge >= 0.3 is 5.97 Å². The molecular formula is C15H13ClFNO2. The van der Waals surface area contributed by atoms with Crippen LogP contribution in [0.25, 0.3) is 0 Å². The molecule has 104 valence electrons. The molecule has 20 heavy (non-hydrogen) atoms. The van der Waals surface area contributed by atoms with Crippen LogP contribution in [0.15, 0.2) is 42.5 Å². The molecule has 0 aromatic heterocycles. The minimum Gasteiger partial charge on any atom is -0.478 e. The van der Waals surface area contributed by atoms with E-state index < -0.39 is 5.97 Å². The molecule has 0 amide bonds. The number of carbonyl (C=O) groups is 1. The summed E-state index contributed by atoms with van der Waals surface area (Å²) in [7, 11) is 0. The zero-order chi connectivity index (χ0) is 14.5. The van der Waals surface area contributed by atoms with Crippen LogP contribution in [0.5, 0.6) is 0 Å². The second-order valence-electron chi connectivity index (χ2n) is 4.27. The molecule has 2 N–H and O–H groups in total. The summed E-state index contributed by atoms with van der Waals surface area (Å²) in [5.41, 5.74) is 1.51. The Bertz CT molecular complexity index is 614. The van der Waals surface area contributed by atoms with Crippen molar-refractivity contribution in [3.05, 3.63) is 64.4 Å². The maximum atomic E-state index is 12.8. The summed E-state index contributed by atoms with van der Waals surface area (Å²) in [4.78, 5) is 11.1. The van der Waals surface area contributed by atoms with Crippen LogP contribution in [0, 0.1) is 5.82 Å². The van der Waals surface area contributed by atoms with E-state index in [-0.39, 0.29) is 16.4 Å². The van der Waals surface area contributed by atoms with Gasteiger partial charge in [-0.1, -0.05) is 29.8 Å².